The van der Waals surface area contributed by atoms with Crippen LogP contribution >= 0.6 is 0 Å². The average molecular weight is 352 g/mol. The summed E-state index contributed by atoms with van der Waals surface area (Å²) < 4.78 is 5.66. The molecule has 0 spiro atoms. The van der Waals surface area contributed by atoms with E-state index in [1.165, 1.54) is 0 Å². The molecule has 1 saturated heterocycles. The van der Waals surface area contributed by atoms with Crippen molar-refractivity contribution < 1.29 is 9.53 Å². The van der Waals surface area contributed by atoms with Gasteiger partial charge in [-0.25, -0.2) is 4.98 Å². The minimum absolute atomic E-state index is 0.0658. The van der Waals surface area contributed by atoms with Crippen LogP contribution in [-0.2, 0) is 4.74 Å². The first-order chi connectivity index (χ1) is 12.8. The number of hydrogen-bond donors (Lipinski definition) is 3. The number of benzene rings is 1. The monoisotopic (exact) mass is 352 g/mol. The highest BCUT2D eigenvalue weighted by molar-refractivity contribution is 6.12. The van der Waals surface area contributed by atoms with Gasteiger partial charge < -0.3 is 20.7 Å². The number of amides is 1. The van der Waals surface area contributed by atoms with Crippen LogP contribution in [0.1, 0.15) is 10.4 Å². The molecule has 1 unspecified atom stereocenters. The molecule has 3 aromatic rings. The fourth-order valence-corrected chi connectivity index (χ4v) is 3.18. The van der Waals surface area contributed by atoms with Gasteiger partial charge in [0.05, 0.1) is 35.5 Å². The number of nitrogens with zero attached hydrogens (tertiary/aromatic N) is 3. The molecule has 4 N–H and O–H groups in total. The summed E-state index contributed by atoms with van der Waals surface area (Å²) in [6.07, 6.45) is 3.22. The summed E-state index contributed by atoms with van der Waals surface area (Å²) in [6, 6.07) is 9.35. The molecule has 1 aliphatic rings. The molecule has 4 rings (SSSR count). The van der Waals surface area contributed by atoms with Crippen molar-refractivity contribution in [1.29, 1.82) is 0 Å². The Labute approximate surface area is 150 Å². The molecule has 1 aromatic carbocycles. The Bertz CT molecular complexity index is 910. The normalized spacial score (nSPS) is 17.4. The topological polar surface area (TPSA) is 109 Å². The quantitative estimate of drug-likeness (QED) is 0.654. The van der Waals surface area contributed by atoms with Gasteiger partial charge in [0.15, 0.2) is 5.65 Å². The summed E-state index contributed by atoms with van der Waals surface area (Å²) in [7, 11) is 0. The van der Waals surface area contributed by atoms with Gasteiger partial charge in [-0.3, -0.25) is 9.89 Å². The number of anilines is 2. The molecule has 0 saturated carbocycles. The van der Waals surface area contributed by atoms with Crippen molar-refractivity contribution in [3.63, 3.8) is 0 Å². The third-order valence-corrected chi connectivity index (χ3v) is 4.45. The molecule has 1 aliphatic heterocycles. The van der Waals surface area contributed by atoms with Crippen molar-refractivity contribution in [2.75, 3.05) is 36.5 Å². The zero-order valence-corrected chi connectivity index (χ0v) is 14.2. The molecule has 1 amide bonds. The number of aromatic amines is 1. The Morgan fingerprint density at radius 2 is 2.19 bits per heavy atom. The van der Waals surface area contributed by atoms with Crippen LogP contribution in [0.25, 0.3) is 11.0 Å². The fraction of sp³-hybridized carbons (Fsp3) is 0.278. The van der Waals surface area contributed by atoms with Crippen molar-refractivity contribution in [2.45, 2.75) is 6.10 Å². The lowest BCUT2D eigenvalue weighted by molar-refractivity contribution is 0.0466. The first-order valence-corrected chi connectivity index (χ1v) is 8.51. The number of rotatable bonds is 4. The summed E-state index contributed by atoms with van der Waals surface area (Å²) in [5.41, 5.74) is 8.46. The molecular formula is C18H20N6O2. The Morgan fingerprint density at radius 3 is 3.00 bits per heavy atom. The zero-order chi connectivity index (χ0) is 17.9. The van der Waals surface area contributed by atoms with Gasteiger partial charge in [-0.2, -0.15) is 5.10 Å². The smallest absolute Gasteiger partial charge is 0.259 e. The molecule has 0 radical (unpaired) electrons. The second-order valence-electron chi connectivity index (χ2n) is 6.15. The molecule has 0 aliphatic carbocycles. The maximum absolute atomic E-state index is 12.9. The van der Waals surface area contributed by atoms with Gasteiger partial charge in [-0.05, 0) is 12.1 Å². The van der Waals surface area contributed by atoms with Gasteiger partial charge >= 0.3 is 0 Å². The third-order valence-electron chi connectivity index (χ3n) is 4.45. The van der Waals surface area contributed by atoms with Gasteiger partial charge in [0.2, 0.25) is 0 Å². The van der Waals surface area contributed by atoms with Crippen molar-refractivity contribution in [2.24, 2.45) is 5.73 Å². The van der Waals surface area contributed by atoms with E-state index in [1.54, 1.807) is 12.4 Å². The Kier molecular flexibility index (Phi) is 4.51. The molecule has 2 aromatic heterocycles. The lowest BCUT2D eigenvalue weighted by Crippen LogP contribution is -2.46. The molecular weight excluding hydrogens is 332 g/mol. The molecule has 3 heterocycles. The lowest BCUT2D eigenvalue weighted by atomic mass is 10.1. The summed E-state index contributed by atoms with van der Waals surface area (Å²) in [5.74, 6) is -0.211. The first kappa shape index (κ1) is 16.5. The van der Waals surface area contributed by atoms with Crippen molar-refractivity contribution in [1.82, 2.24) is 15.2 Å². The molecule has 8 heteroatoms. The maximum Gasteiger partial charge on any atom is 0.259 e. The van der Waals surface area contributed by atoms with E-state index in [4.69, 9.17) is 10.5 Å². The van der Waals surface area contributed by atoms with E-state index in [-0.39, 0.29) is 12.0 Å². The van der Waals surface area contributed by atoms with Crippen LogP contribution in [-0.4, -0.2) is 53.4 Å². The van der Waals surface area contributed by atoms with Crippen LogP contribution in [0.2, 0.25) is 0 Å². The van der Waals surface area contributed by atoms with E-state index < -0.39 is 0 Å². The number of carbonyl (C=O) groups is 1. The summed E-state index contributed by atoms with van der Waals surface area (Å²) >= 11 is 0. The number of ether oxygens (including phenoxy) is 1. The standard InChI is InChI=1S/C18H20N6O2/c19-8-13-11-24(6-7-26-13)16-14-10-21-23-17(14)20-9-15(16)18(25)22-12-4-2-1-3-5-12/h1-5,9-10,13H,6-8,11,19H2,(H,22,25)(H,20,21,23). The largest absolute Gasteiger partial charge is 0.373 e. The van der Waals surface area contributed by atoms with Crippen LogP contribution in [0.4, 0.5) is 11.4 Å². The highest BCUT2D eigenvalue weighted by atomic mass is 16.5. The van der Waals surface area contributed by atoms with Crippen LogP contribution in [0.3, 0.4) is 0 Å². The number of H-pyrrole nitrogens is 1. The highest BCUT2D eigenvalue weighted by Gasteiger charge is 2.26. The number of para-hydroxylation sites is 1. The van der Waals surface area contributed by atoms with Crippen LogP contribution in [0, 0.1) is 0 Å². The molecule has 1 fully saturated rings. The van der Waals surface area contributed by atoms with E-state index in [9.17, 15) is 4.79 Å². The van der Waals surface area contributed by atoms with E-state index in [0.717, 1.165) is 16.8 Å². The molecule has 8 nitrogen and oxygen atoms in total. The fourth-order valence-electron chi connectivity index (χ4n) is 3.18. The Morgan fingerprint density at radius 1 is 1.35 bits per heavy atom. The predicted octanol–water partition coefficient (Wildman–Crippen LogP) is 1.37. The number of nitrogens with two attached hydrogens (primary N) is 1. The molecule has 26 heavy (non-hydrogen) atoms. The highest BCUT2D eigenvalue weighted by Crippen LogP contribution is 2.30. The average Bonchev–Trinajstić information content (AvgIpc) is 3.16. The second kappa shape index (κ2) is 7.11. The Hall–Kier alpha value is -2.97. The van der Waals surface area contributed by atoms with Gasteiger partial charge in [-0.1, -0.05) is 18.2 Å². The molecule has 0 bridgehead atoms. The van der Waals surface area contributed by atoms with Crippen LogP contribution < -0.4 is 16.0 Å². The minimum Gasteiger partial charge on any atom is -0.373 e. The SMILES string of the molecule is NCC1CN(c2c(C(=O)Nc3ccccc3)cnc3[nH]ncc23)CCO1. The van der Waals surface area contributed by atoms with Gasteiger partial charge in [-0.15, -0.1) is 0 Å². The maximum atomic E-state index is 12.9. The number of pyridine rings is 1. The third kappa shape index (κ3) is 3.12. The van der Waals surface area contributed by atoms with Gasteiger partial charge in [0.1, 0.15) is 0 Å². The molecule has 1 atom stereocenters. The second-order valence-corrected chi connectivity index (χ2v) is 6.15. The number of nitrogens with one attached hydrogen (secondary N) is 2. The summed E-state index contributed by atoms with van der Waals surface area (Å²) in [5, 5.41) is 10.7. The van der Waals surface area contributed by atoms with E-state index >= 15 is 0 Å². The van der Waals surface area contributed by atoms with Crippen LogP contribution in [0.15, 0.2) is 42.7 Å². The predicted molar refractivity (Wildman–Crippen MR) is 99.3 cm³/mol. The van der Waals surface area contributed by atoms with E-state index in [0.29, 0.717) is 37.5 Å². The first-order valence-electron chi connectivity index (χ1n) is 8.51. The van der Waals surface area contributed by atoms with Crippen molar-refractivity contribution in [3.8, 4) is 0 Å². The zero-order valence-electron chi connectivity index (χ0n) is 14.2. The summed E-state index contributed by atoms with van der Waals surface area (Å²) in [4.78, 5) is 19.4. The number of aromatic nitrogens is 3. The van der Waals surface area contributed by atoms with Crippen molar-refractivity contribution >= 4 is 28.3 Å². The van der Waals surface area contributed by atoms with Gasteiger partial charge in [0, 0.05) is 31.5 Å². The van der Waals surface area contributed by atoms with E-state index in [2.05, 4.69) is 25.4 Å². The summed E-state index contributed by atoms with van der Waals surface area (Å²) in [6.45, 7) is 2.28. The number of carbonyl (C=O) groups excluding carboxylic acids is 1. The minimum atomic E-state index is -0.211. The number of hydrogen-bond acceptors (Lipinski definition) is 6. The lowest BCUT2D eigenvalue weighted by Gasteiger charge is -2.35. The number of fused-ring (bicyclic) bond motifs is 1. The number of morpholine rings is 1. The molecule has 134 valence electrons. The Balaban J connectivity index is 1.73. The van der Waals surface area contributed by atoms with E-state index in [1.807, 2.05) is 30.3 Å². The van der Waals surface area contributed by atoms with Gasteiger partial charge in [0.25, 0.3) is 5.91 Å². The van der Waals surface area contributed by atoms with Crippen LogP contribution in [0.5, 0.6) is 0 Å². The van der Waals surface area contributed by atoms with Crippen molar-refractivity contribution in [3.05, 3.63) is 48.3 Å².